The molecule has 4 heterocycles. The van der Waals surface area contributed by atoms with Crippen LogP contribution in [0.25, 0.3) is 96.1 Å². The summed E-state index contributed by atoms with van der Waals surface area (Å²) in [5.74, 6) is 1.45. The Morgan fingerprint density at radius 2 is 0.750 bits per heavy atom. The van der Waals surface area contributed by atoms with E-state index in [0.717, 1.165) is 55.8 Å². The standard InChI is InChI=1S/C42H24N4S2/c1-2-10-26-20-36(28-23-45-42(46-24-28)34-16-8-14-32-30-12-4-6-18-38(30)48-40(32)34)35(19-25(26)9-1)27-21-43-41(44-22-27)33-15-7-13-31-29-11-3-5-17-37(29)47-39(31)33/h1-24H. The van der Waals surface area contributed by atoms with Crippen LogP contribution in [0.3, 0.4) is 0 Å². The minimum absolute atomic E-state index is 0.723. The number of rotatable bonds is 4. The number of nitrogens with zero attached hydrogens (tertiary/aromatic N) is 4. The van der Waals surface area contributed by atoms with Crippen molar-refractivity contribution in [2.45, 2.75) is 0 Å². The van der Waals surface area contributed by atoms with Gasteiger partial charge in [-0.3, -0.25) is 0 Å². The normalized spacial score (nSPS) is 11.8. The van der Waals surface area contributed by atoms with Gasteiger partial charge in [0.05, 0.1) is 0 Å². The van der Waals surface area contributed by atoms with Gasteiger partial charge in [-0.2, -0.15) is 0 Å². The van der Waals surface area contributed by atoms with E-state index in [4.69, 9.17) is 19.9 Å². The van der Waals surface area contributed by atoms with E-state index in [9.17, 15) is 0 Å². The number of fused-ring (bicyclic) bond motifs is 7. The molecular weight excluding hydrogens is 625 g/mol. The highest BCUT2D eigenvalue weighted by atomic mass is 32.1. The van der Waals surface area contributed by atoms with Crippen molar-refractivity contribution in [2.24, 2.45) is 0 Å². The lowest BCUT2D eigenvalue weighted by molar-refractivity contribution is 1.18. The molecule has 6 aromatic carbocycles. The van der Waals surface area contributed by atoms with Crippen LogP contribution in [0.5, 0.6) is 0 Å². The zero-order valence-corrected chi connectivity index (χ0v) is 27.1. The Morgan fingerprint density at radius 1 is 0.354 bits per heavy atom. The molecule has 6 heteroatoms. The average molecular weight is 649 g/mol. The predicted octanol–water partition coefficient (Wildman–Crippen LogP) is 11.8. The number of aromatic nitrogens is 4. The molecule has 0 spiro atoms. The first-order valence-corrected chi connectivity index (χ1v) is 17.4. The molecule has 0 atom stereocenters. The van der Waals surface area contributed by atoms with Gasteiger partial charge < -0.3 is 0 Å². The molecule has 0 aliphatic rings. The Balaban J connectivity index is 1.07. The van der Waals surface area contributed by atoms with Crippen LogP contribution in [0.2, 0.25) is 0 Å². The summed E-state index contributed by atoms with van der Waals surface area (Å²) in [6.45, 7) is 0. The van der Waals surface area contributed by atoms with Crippen molar-refractivity contribution in [1.29, 1.82) is 0 Å². The summed E-state index contributed by atoms with van der Waals surface area (Å²) >= 11 is 3.58. The van der Waals surface area contributed by atoms with Crippen LogP contribution >= 0.6 is 22.7 Å². The zero-order chi connectivity index (χ0) is 31.6. The lowest BCUT2D eigenvalue weighted by Crippen LogP contribution is -1.94. The van der Waals surface area contributed by atoms with E-state index in [2.05, 4.69) is 121 Å². The fourth-order valence-corrected chi connectivity index (χ4v) is 9.20. The van der Waals surface area contributed by atoms with E-state index >= 15 is 0 Å². The molecule has 0 saturated heterocycles. The van der Waals surface area contributed by atoms with E-state index < -0.39 is 0 Å². The summed E-state index contributed by atoms with van der Waals surface area (Å²) in [4.78, 5) is 19.7. The molecule has 0 radical (unpaired) electrons. The summed E-state index contributed by atoms with van der Waals surface area (Å²) in [6.07, 6.45) is 7.78. The van der Waals surface area contributed by atoms with Gasteiger partial charge in [-0.1, -0.05) is 84.9 Å². The fraction of sp³-hybridized carbons (Fsp3) is 0. The molecular formula is C42H24N4S2. The molecule has 4 aromatic heterocycles. The van der Waals surface area contributed by atoms with Crippen LogP contribution in [0, 0.1) is 0 Å². The summed E-state index contributed by atoms with van der Waals surface area (Å²) in [5.41, 5.74) is 6.09. The van der Waals surface area contributed by atoms with Gasteiger partial charge >= 0.3 is 0 Å². The van der Waals surface area contributed by atoms with Crippen LogP contribution in [0.15, 0.2) is 146 Å². The van der Waals surface area contributed by atoms with Crippen molar-refractivity contribution in [3.05, 3.63) is 146 Å². The molecule has 0 unspecified atom stereocenters. The summed E-state index contributed by atoms with van der Waals surface area (Å²) in [6, 6.07) is 42.8. The van der Waals surface area contributed by atoms with E-state index in [1.807, 2.05) is 24.8 Å². The summed E-state index contributed by atoms with van der Waals surface area (Å²) in [7, 11) is 0. The van der Waals surface area contributed by atoms with Crippen LogP contribution in [0.1, 0.15) is 0 Å². The molecule has 0 fully saturated rings. The van der Waals surface area contributed by atoms with Crippen molar-refractivity contribution in [3.8, 4) is 45.0 Å². The van der Waals surface area contributed by atoms with Gasteiger partial charge in [-0.25, -0.2) is 19.9 Å². The summed E-state index contributed by atoms with van der Waals surface area (Å²) in [5, 5.41) is 7.33. The maximum absolute atomic E-state index is 4.93. The molecule has 0 aliphatic carbocycles. The molecule has 10 rings (SSSR count). The van der Waals surface area contributed by atoms with Gasteiger partial charge in [0.2, 0.25) is 0 Å². The highest BCUT2D eigenvalue weighted by molar-refractivity contribution is 7.26. The third-order valence-corrected chi connectivity index (χ3v) is 11.5. The van der Waals surface area contributed by atoms with Crippen molar-refractivity contribution >= 4 is 73.8 Å². The highest BCUT2D eigenvalue weighted by Crippen LogP contribution is 2.41. The molecule has 0 bridgehead atoms. The Bertz CT molecular complexity index is 2640. The van der Waals surface area contributed by atoms with Crippen molar-refractivity contribution in [3.63, 3.8) is 0 Å². The van der Waals surface area contributed by atoms with E-state index in [1.165, 1.54) is 40.3 Å². The molecule has 224 valence electrons. The van der Waals surface area contributed by atoms with Crippen LogP contribution in [0.4, 0.5) is 0 Å². The molecule has 0 N–H and O–H groups in total. The first kappa shape index (κ1) is 27.3. The number of hydrogen-bond donors (Lipinski definition) is 0. The smallest absolute Gasteiger partial charge is 0.160 e. The average Bonchev–Trinajstić information content (AvgIpc) is 3.73. The second kappa shape index (κ2) is 10.9. The molecule has 0 amide bonds. The lowest BCUT2D eigenvalue weighted by Gasteiger charge is -2.13. The van der Waals surface area contributed by atoms with Crippen LogP contribution in [-0.4, -0.2) is 19.9 Å². The third-order valence-electron chi connectivity index (χ3n) is 9.10. The Morgan fingerprint density at radius 3 is 1.21 bits per heavy atom. The monoisotopic (exact) mass is 648 g/mol. The largest absolute Gasteiger partial charge is 0.236 e. The van der Waals surface area contributed by atoms with Crippen molar-refractivity contribution < 1.29 is 0 Å². The van der Waals surface area contributed by atoms with Crippen molar-refractivity contribution in [2.75, 3.05) is 0 Å². The van der Waals surface area contributed by atoms with Gasteiger partial charge in [0, 0.05) is 87.4 Å². The van der Waals surface area contributed by atoms with Gasteiger partial charge in [0.15, 0.2) is 11.6 Å². The molecule has 48 heavy (non-hydrogen) atoms. The predicted molar refractivity (Wildman–Crippen MR) is 203 cm³/mol. The molecule has 0 aliphatic heterocycles. The molecule has 10 aromatic rings. The van der Waals surface area contributed by atoms with Crippen molar-refractivity contribution in [1.82, 2.24) is 19.9 Å². The van der Waals surface area contributed by atoms with Gasteiger partial charge in [0.1, 0.15) is 0 Å². The maximum atomic E-state index is 4.93. The Labute approximate surface area is 283 Å². The van der Waals surface area contributed by atoms with Crippen LogP contribution < -0.4 is 0 Å². The summed E-state index contributed by atoms with van der Waals surface area (Å²) < 4.78 is 4.96. The second-order valence-electron chi connectivity index (χ2n) is 11.9. The first-order chi connectivity index (χ1) is 23.8. The van der Waals surface area contributed by atoms with Crippen LogP contribution in [-0.2, 0) is 0 Å². The number of thiophene rings is 2. The quantitative estimate of drug-likeness (QED) is 0.191. The lowest BCUT2D eigenvalue weighted by atomic mass is 9.94. The van der Waals surface area contributed by atoms with Gasteiger partial charge in [0.25, 0.3) is 0 Å². The first-order valence-electron chi connectivity index (χ1n) is 15.8. The SMILES string of the molecule is c1ccc2cc(-c3cnc(-c4cccc5c4sc4ccccc45)nc3)c(-c3cnc(-c4cccc5c4sc4ccccc45)nc3)cc2c1. The maximum Gasteiger partial charge on any atom is 0.160 e. The second-order valence-corrected chi connectivity index (χ2v) is 14.0. The minimum Gasteiger partial charge on any atom is -0.236 e. The molecule has 0 saturated carbocycles. The molecule has 4 nitrogen and oxygen atoms in total. The zero-order valence-electron chi connectivity index (χ0n) is 25.5. The van der Waals surface area contributed by atoms with Gasteiger partial charge in [-0.05, 0) is 58.3 Å². The Hall–Kier alpha value is -5.82. The third kappa shape index (κ3) is 4.34. The van der Waals surface area contributed by atoms with E-state index in [-0.39, 0.29) is 0 Å². The topological polar surface area (TPSA) is 51.6 Å². The number of hydrogen-bond acceptors (Lipinski definition) is 6. The van der Waals surface area contributed by atoms with E-state index in [1.54, 1.807) is 22.7 Å². The van der Waals surface area contributed by atoms with E-state index in [0.29, 0.717) is 0 Å². The minimum atomic E-state index is 0.723. The fourth-order valence-electron chi connectivity index (χ4n) is 6.78. The Kier molecular flexibility index (Phi) is 6.19. The number of benzene rings is 6. The van der Waals surface area contributed by atoms with Gasteiger partial charge in [-0.15, -0.1) is 22.7 Å². The highest BCUT2D eigenvalue weighted by Gasteiger charge is 2.16.